The quantitative estimate of drug-likeness (QED) is 0.0744. The third kappa shape index (κ3) is 22.7. The van der Waals surface area contributed by atoms with Gasteiger partial charge in [-0.25, -0.2) is 0 Å². The fourth-order valence-electron chi connectivity index (χ4n) is 18.5. The fraction of sp³-hybridized carbons (Fsp3) is 0.202. The summed E-state index contributed by atoms with van der Waals surface area (Å²) < 4.78 is 13.3. The lowest BCUT2D eigenvalue weighted by Crippen LogP contribution is -2.35. The number of aryl methyl sites for hydroxylation is 5. The van der Waals surface area contributed by atoms with Crippen LogP contribution in [-0.4, -0.2) is 72.5 Å². The van der Waals surface area contributed by atoms with Crippen molar-refractivity contribution in [2.45, 2.75) is 144 Å². The van der Waals surface area contributed by atoms with E-state index in [1.165, 1.54) is 37.1 Å². The lowest BCUT2D eigenvalue weighted by atomic mass is 10.0. The van der Waals surface area contributed by atoms with Crippen molar-refractivity contribution < 1.29 is 9.47 Å². The number of aliphatic imine (C=N–C) groups is 5. The first-order valence-electron chi connectivity index (χ1n) is 46.8. The smallest absolute Gasteiger partial charge is 0.148 e. The molecule has 0 fully saturated rings. The lowest BCUT2D eigenvalue weighted by molar-refractivity contribution is 0.340. The summed E-state index contributed by atoms with van der Waals surface area (Å²) in [5.74, 6) is 1.73. The van der Waals surface area contributed by atoms with Gasteiger partial charge in [-0.05, 0) is 305 Å². The summed E-state index contributed by atoms with van der Waals surface area (Å²) in [6.07, 6.45) is 0.647. The molecule has 0 N–H and O–H groups in total. The molecule has 0 bridgehead atoms. The molecule has 0 spiro atoms. The van der Waals surface area contributed by atoms with Gasteiger partial charge in [0.05, 0.1) is 72.5 Å². The SMILES string of the molecule is CCOc1ccc(N2C(C)C(c3ccc(CC)cc3)=NC2c2ccc(OC)cc2)cc1.Cc1ccc(C2=NC(c3ccccc3)N(c3ccc(Br)cc3)C2C)c(Cl)c1.Cc1ccc(C2=NC(c3ccccc3)N(c3ccc(Cl)cc3)C2C)c(Cl)c1.Cc1ccc(C2=NC(c3ccccc3)N(c3ccc(I)cc3)C2C)c(Cl)c1.Cc1ccc(C2=NC(c3ccccc3)N(c3ccccc3)C2C)c(Cl)c1. The van der Waals surface area contributed by atoms with Crippen molar-refractivity contribution >= 4 is 154 Å². The zero-order valence-electron chi connectivity index (χ0n) is 79.3. The van der Waals surface area contributed by atoms with Crippen LogP contribution in [0.5, 0.6) is 11.5 Å². The van der Waals surface area contributed by atoms with E-state index in [2.05, 4.69) is 380 Å². The number of anilines is 5. The average Bonchev–Trinajstić information content (AvgIpc) is 1.64. The molecule has 10 unspecified atom stereocenters. The van der Waals surface area contributed by atoms with E-state index in [9.17, 15) is 0 Å². The second kappa shape index (κ2) is 45.7. The Morgan fingerprint density at radius 1 is 0.297 bits per heavy atom. The van der Waals surface area contributed by atoms with E-state index in [-0.39, 0.29) is 61.0 Å². The Labute approximate surface area is 860 Å². The molecule has 0 saturated heterocycles. The average molecular weight is 2100 g/mol. The molecule has 0 aliphatic carbocycles. The monoisotopic (exact) mass is 2090 g/mol. The number of nitrogens with zero attached hydrogens (tertiary/aromatic N) is 10. The highest BCUT2D eigenvalue weighted by Crippen LogP contribution is 2.46. The number of hydrogen-bond donors (Lipinski definition) is 0. The van der Waals surface area contributed by atoms with Gasteiger partial charge >= 0.3 is 0 Å². The van der Waals surface area contributed by atoms with Gasteiger partial charge in [0.25, 0.3) is 0 Å². The van der Waals surface area contributed by atoms with Crippen molar-refractivity contribution in [1.29, 1.82) is 0 Å². The maximum absolute atomic E-state index is 6.58. The number of para-hydroxylation sites is 1. The zero-order chi connectivity index (χ0) is 96.8. The van der Waals surface area contributed by atoms with Crippen LogP contribution in [0.1, 0.15) is 163 Å². The van der Waals surface area contributed by atoms with E-state index in [1.807, 2.05) is 129 Å². The molecule has 20 rings (SSSR count). The second-order valence-corrected chi connectivity index (χ2v) is 39.2. The van der Waals surface area contributed by atoms with Crippen molar-refractivity contribution in [3.63, 3.8) is 0 Å². The molecule has 0 amide bonds. The summed E-state index contributed by atoms with van der Waals surface area (Å²) in [6.45, 7) is 24.0. The van der Waals surface area contributed by atoms with Crippen LogP contribution in [0.3, 0.4) is 0 Å². The van der Waals surface area contributed by atoms with E-state index in [1.54, 1.807) is 7.11 Å². The van der Waals surface area contributed by atoms with E-state index >= 15 is 0 Å². The van der Waals surface area contributed by atoms with Crippen LogP contribution in [0.4, 0.5) is 28.4 Å². The Morgan fingerprint density at radius 3 is 0.870 bits per heavy atom. The molecule has 5 heterocycles. The first-order valence-corrected chi connectivity index (χ1v) is 50.5. The number of hydrogen-bond acceptors (Lipinski definition) is 12. The van der Waals surface area contributed by atoms with Gasteiger partial charge in [0, 0.05) is 83.8 Å². The van der Waals surface area contributed by atoms with Gasteiger partial charge in [0.15, 0.2) is 0 Å². The van der Waals surface area contributed by atoms with Gasteiger partial charge in [0.1, 0.15) is 42.3 Å². The van der Waals surface area contributed by atoms with Gasteiger partial charge < -0.3 is 34.0 Å². The maximum Gasteiger partial charge on any atom is 0.148 e. The summed E-state index contributed by atoms with van der Waals surface area (Å²) in [5.41, 5.74) is 27.9. The molecule has 5 aliphatic heterocycles. The maximum atomic E-state index is 6.58. The summed E-state index contributed by atoms with van der Waals surface area (Å²) in [5, 5.41) is 3.74. The standard InChI is InChI=1S/C27H30N2O2.C23H20BrClN2.C23H20Cl2N2.C23H20ClIN2.C23H21ClN2/c1-5-20-7-9-21(10-8-20)26-19(3)29(23-13-17-25(18-14-23)31-6-2)27(28-26)22-11-15-24(30-4)16-12-22;2*1-15-8-13-20(21(25)14-15)22-16(2)27(19-11-9-18(24)10-12-19)23(26-22)17-6-4-3-5-7-17;1-15-8-13-20(21(24)14-15)22-16(2)27(19-11-9-18(25)10-12-19)23(26-22)17-6-4-3-5-7-17;1-16-13-14-20(21(24)15-16)22-17(2)26(19-11-7-4-8-12-19)23(25-22)18-9-5-3-6-10-18/h7-19,27H,5-6H2,1-4H3;3*3-14,16,23H,1-2H3;3-15,17,23H,1-2H3. The zero-order valence-corrected chi connectivity index (χ0v) is 86.9. The molecule has 5 aliphatic rings. The van der Waals surface area contributed by atoms with Crippen LogP contribution in [-0.2, 0) is 6.42 Å². The normalized spacial score (nSPS) is 19.0. The van der Waals surface area contributed by atoms with Crippen molar-refractivity contribution in [2.24, 2.45) is 25.0 Å². The highest BCUT2D eigenvalue weighted by Gasteiger charge is 2.42. The first kappa shape index (κ1) is 98.9. The van der Waals surface area contributed by atoms with Gasteiger partial charge in [-0.2, -0.15) is 0 Å². The summed E-state index contributed by atoms with van der Waals surface area (Å²) in [7, 11) is 1.69. The molecule has 10 atom stereocenters. The fourth-order valence-corrected chi connectivity index (χ4v) is 20.6. The number of halogens is 7. The van der Waals surface area contributed by atoms with Crippen molar-refractivity contribution in [1.82, 2.24) is 0 Å². The van der Waals surface area contributed by atoms with Crippen LogP contribution >= 0.6 is 96.5 Å². The van der Waals surface area contributed by atoms with Gasteiger partial charge in [-0.1, -0.05) is 305 Å². The molecule has 0 saturated carbocycles. The van der Waals surface area contributed by atoms with Crippen molar-refractivity contribution in [2.75, 3.05) is 38.2 Å². The highest BCUT2D eigenvalue weighted by molar-refractivity contribution is 14.1. The number of ether oxygens (including phenoxy) is 2. The molecule has 0 radical (unpaired) electrons. The third-order valence-electron chi connectivity index (χ3n) is 25.6. The minimum Gasteiger partial charge on any atom is -0.497 e. The van der Waals surface area contributed by atoms with E-state index < -0.39 is 0 Å². The number of benzene rings is 15. The van der Waals surface area contributed by atoms with Gasteiger partial charge in [-0.3, -0.25) is 25.0 Å². The van der Waals surface area contributed by atoms with Crippen molar-refractivity contribution in [3.8, 4) is 11.5 Å². The van der Waals surface area contributed by atoms with Crippen LogP contribution < -0.4 is 34.0 Å². The first-order chi connectivity index (χ1) is 66.9. The highest BCUT2D eigenvalue weighted by atomic mass is 127. The molecular formula is C119H111BrCl5IN10O2. The third-order valence-corrected chi connectivity index (χ3v) is 28.4. The van der Waals surface area contributed by atoms with Crippen LogP contribution in [0.25, 0.3) is 0 Å². The van der Waals surface area contributed by atoms with Crippen LogP contribution in [0, 0.1) is 31.3 Å². The Kier molecular flexibility index (Phi) is 32.7. The molecule has 698 valence electrons. The topological polar surface area (TPSA) is 96.5 Å². The van der Waals surface area contributed by atoms with E-state index in [0.717, 1.165) is 154 Å². The number of methoxy groups -OCH3 is 1. The minimum absolute atomic E-state index is 0.0547. The molecule has 19 heteroatoms. The lowest BCUT2D eigenvalue weighted by Gasteiger charge is -2.30. The predicted octanol–water partition coefficient (Wildman–Crippen LogP) is 32.3. The second-order valence-electron chi connectivity index (χ2n) is 34.9. The summed E-state index contributed by atoms with van der Waals surface area (Å²) >= 11 is 38.3. The number of rotatable bonds is 19. The van der Waals surface area contributed by atoms with Crippen molar-refractivity contribution in [3.05, 3.63) is 487 Å². The summed E-state index contributed by atoms with van der Waals surface area (Å²) in [6, 6.07) is 128. The largest absolute Gasteiger partial charge is 0.497 e. The Bertz CT molecular complexity index is 6440. The molecule has 12 nitrogen and oxygen atoms in total. The minimum atomic E-state index is -0.102. The summed E-state index contributed by atoms with van der Waals surface area (Å²) in [4.78, 5) is 37.5. The Balaban J connectivity index is 0.000000125. The van der Waals surface area contributed by atoms with Crippen LogP contribution in [0.2, 0.25) is 25.1 Å². The van der Waals surface area contributed by atoms with Gasteiger partial charge in [0.2, 0.25) is 0 Å². The predicted molar refractivity (Wildman–Crippen MR) is 594 cm³/mol. The van der Waals surface area contributed by atoms with E-state index in [4.69, 9.17) is 92.4 Å². The molecule has 138 heavy (non-hydrogen) atoms. The van der Waals surface area contributed by atoms with Gasteiger partial charge in [-0.15, -0.1) is 0 Å². The molecule has 15 aromatic carbocycles. The Hall–Kier alpha value is -12.1. The molecule has 0 aromatic heterocycles. The Morgan fingerprint density at radius 2 is 0.565 bits per heavy atom. The van der Waals surface area contributed by atoms with Crippen LogP contribution in [0.15, 0.2) is 399 Å². The molecule has 15 aromatic rings. The molecular weight excluding hydrogens is 1990 g/mol. The van der Waals surface area contributed by atoms with E-state index in [0.29, 0.717) is 6.61 Å².